The van der Waals surface area contributed by atoms with Crippen LogP contribution >= 0.6 is 0 Å². The third-order valence-electron chi connectivity index (χ3n) is 4.84. The van der Waals surface area contributed by atoms with Crippen molar-refractivity contribution >= 4 is 0 Å². The number of hydrogen-bond acceptors (Lipinski definition) is 4. The van der Waals surface area contributed by atoms with Crippen LogP contribution in [-0.4, -0.2) is 21.4 Å². The summed E-state index contributed by atoms with van der Waals surface area (Å²) in [6, 6.07) is 12.2. The number of aliphatic hydroxyl groups excluding tert-OH is 1. The Balaban J connectivity index is 1.78. The summed E-state index contributed by atoms with van der Waals surface area (Å²) in [6.07, 6.45) is 0.899. The van der Waals surface area contributed by atoms with E-state index in [0.29, 0.717) is 12.8 Å². The van der Waals surface area contributed by atoms with Gasteiger partial charge in [0.15, 0.2) is 0 Å². The summed E-state index contributed by atoms with van der Waals surface area (Å²) in [5.74, 6) is 1.59. The molecule has 4 nitrogen and oxygen atoms in total. The summed E-state index contributed by atoms with van der Waals surface area (Å²) in [7, 11) is 0. The summed E-state index contributed by atoms with van der Waals surface area (Å²) in [5.41, 5.74) is 1.98. The Morgan fingerprint density at radius 2 is 1.64 bits per heavy atom. The van der Waals surface area contributed by atoms with Gasteiger partial charge in [-0.3, -0.25) is 0 Å². The van der Waals surface area contributed by atoms with Crippen LogP contribution in [0.5, 0.6) is 17.2 Å². The fourth-order valence-electron chi connectivity index (χ4n) is 3.87. The van der Waals surface area contributed by atoms with E-state index in [-0.39, 0.29) is 35.5 Å². The molecule has 2 aliphatic rings. The molecule has 4 rings (SSSR count). The quantitative estimate of drug-likeness (QED) is 0.756. The topological polar surface area (TPSA) is 69.9 Å². The monoisotopic (exact) mass is 298 g/mol. The van der Waals surface area contributed by atoms with E-state index < -0.39 is 0 Å². The predicted octanol–water partition coefficient (Wildman–Crippen LogP) is 3.09. The Hall–Kier alpha value is -2.20. The minimum atomic E-state index is -0.341. The molecule has 22 heavy (non-hydrogen) atoms. The van der Waals surface area contributed by atoms with E-state index in [1.807, 2.05) is 12.1 Å². The van der Waals surface area contributed by atoms with Gasteiger partial charge >= 0.3 is 0 Å². The van der Waals surface area contributed by atoms with Gasteiger partial charge in [0, 0.05) is 11.5 Å². The van der Waals surface area contributed by atoms with E-state index in [0.717, 1.165) is 16.9 Å². The predicted molar refractivity (Wildman–Crippen MR) is 81.1 cm³/mol. The average molecular weight is 298 g/mol. The number of benzene rings is 2. The van der Waals surface area contributed by atoms with Gasteiger partial charge in [-0.25, -0.2) is 0 Å². The lowest BCUT2D eigenvalue weighted by Crippen LogP contribution is -2.26. The van der Waals surface area contributed by atoms with Gasteiger partial charge in [0.05, 0.1) is 6.10 Å². The van der Waals surface area contributed by atoms with Crippen LogP contribution in [0.1, 0.15) is 36.0 Å². The average Bonchev–Trinajstić information content (AvgIpc) is 2.89. The molecule has 2 aromatic rings. The standard InChI is InChI=1S/C18H18O4/c19-11-3-1-10(2-4-11)18-16-9-13(21)8-14(16)15-7-12(20)5-6-17(15)22-18/h1-7,13-14,16,18-21H,8-9H2/t13-,14-,16-,18-/m1/s1. The Kier molecular flexibility index (Phi) is 3.01. The number of phenolic OH excluding ortho intramolecular Hbond substituents is 2. The minimum Gasteiger partial charge on any atom is -0.508 e. The van der Waals surface area contributed by atoms with Gasteiger partial charge in [-0.1, -0.05) is 12.1 Å². The zero-order valence-electron chi connectivity index (χ0n) is 12.0. The van der Waals surface area contributed by atoms with E-state index >= 15 is 0 Å². The molecular formula is C18H18O4. The highest BCUT2D eigenvalue weighted by atomic mass is 16.5. The number of ether oxygens (including phenoxy) is 1. The number of aromatic hydroxyl groups is 2. The van der Waals surface area contributed by atoms with Crippen LogP contribution in [0.15, 0.2) is 42.5 Å². The molecule has 1 heterocycles. The first-order valence-electron chi connectivity index (χ1n) is 7.58. The molecule has 0 bridgehead atoms. The molecular weight excluding hydrogens is 280 g/mol. The van der Waals surface area contributed by atoms with E-state index in [1.165, 1.54) is 0 Å². The Bertz CT molecular complexity index is 695. The van der Waals surface area contributed by atoms with Crippen molar-refractivity contribution in [2.45, 2.75) is 31.0 Å². The van der Waals surface area contributed by atoms with E-state index in [1.54, 1.807) is 30.3 Å². The van der Waals surface area contributed by atoms with Crippen LogP contribution in [0.4, 0.5) is 0 Å². The lowest BCUT2D eigenvalue weighted by Gasteiger charge is -2.36. The molecule has 0 radical (unpaired) electrons. The normalized spacial score (nSPS) is 29.5. The van der Waals surface area contributed by atoms with Gasteiger partial charge < -0.3 is 20.1 Å². The largest absolute Gasteiger partial charge is 0.508 e. The number of aliphatic hydroxyl groups is 1. The van der Waals surface area contributed by atoms with Crippen LogP contribution in [0.25, 0.3) is 0 Å². The molecule has 1 fully saturated rings. The second-order valence-corrected chi connectivity index (χ2v) is 6.25. The lowest BCUT2D eigenvalue weighted by molar-refractivity contribution is 0.0960. The van der Waals surface area contributed by atoms with Crippen molar-refractivity contribution in [3.63, 3.8) is 0 Å². The summed E-state index contributed by atoms with van der Waals surface area (Å²) >= 11 is 0. The first kappa shape index (κ1) is 13.5. The smallest absolute Gasteiger partial charge is 0.127 e. The molecule has 114 valence electrons. The molecule has 0 aromatic heterocycles. The second kappa shape index (κ2) is 4.92. The highest BCUT2D eigenvalue weighted by molar-refractivity contribution is 5.46. The van der Waals surface area contributed by atoms with Crippen LogP contribution in [-0.2, 0) is 0 Å². The van der Waals surface area contributed by atoms with Gasteiger partial charge in [-0.15, -0.1) is 0 Å². The van der Waals surface area contributed by atoms with Crippen molar-refractivity contribution in [3.05, 3.63) is 53.6 Å². The van der Waals surface area contributed by atoms with Gasteiger partial charge in [0.2, 0.25) is 0 Å². The maximum Gasteiger partial charge on any atom is 0.127 e. The molecule has 0 unspecified atom stereocenters. The molecule has 4 atom stereocenters. The number of phenols is 2. The Morgan fingerprint density at radius 1 is 0.909 bits per heavy atom. The second-order valence-electron chi connectivity index (χ2n) is 6.25. The van der Waals surface area contributed by atoms with Crippen molar-refractivity contribution in [3.8, 4) is 17.2 Å². The van der Waals surface area contributed by atoms with Crippen LogP contribution in [0, 0.1) is 5.92 Å². The summed E-state index contributed by atoms with van der Waals surface area (Å²) in [5, 5.41) is 29.3. The summed E-state index contributed by atoms with van der Waals surface area (Å²) in [6.45, 7) is 0. The Morgan fingerprint density at radius 3 is 2.41 bits per heavy atom. The SMILES string of the molecule is Oc1ccc([C@H]2Oc3ccc(O)cc3[C@H]3C[C@@H](O)C[C@H]32)cc1. The maximum absolute atomic E-state index is 10.1. The van der Waals surface area contributed by atoms with E-state index in [2.05, 4.69) is 0 Å². The van der Waals surface area contributed by atoms with Crippen LogP contribution < -0.4 is 4.74 Å². The minimum absolute atomic E-state index is 0.139. The van der Waals surface area contributed by atoms with Gasteiger partial charge in [-0.05, 0) is 54.7 Å². The molecule has 4 heteroatoms. The van der Waals surface area contributed by atoms with Gasteiger partial charge in [-0.2, -0.15) is 0 Å². The van der Waals surface area contributed by atoms with Gasteiger partial charge in [0.1, 0.15) is 23.4 Å². The highest BCUT2D eigenvalue weighted by Gasteiger charge is 2.45. The Labute approximate surface area is 128 Å². The van der Waals surface area contributed by atoms with Gasteiger partial charge in [0.25, 0.3) is 0 Å². The van der Waals surface area contributed by atoms with Crippen molar-refractivity contribution in [1.82, 2.24) is 0 Å². The molecule has 0 amide bonds. The molecule has 3 N–H and O–H groups in total. The van der Waals surface area contributed by atoms with Crippen molar-refractivity contribution in [1.29, 1.82) is 0 Å². The van der Waals surface area contributed by atoms with E-state index in [9.17, 15) is 15.3 Å². The fourth-order valence-corrected chi connectivity index (χ4v) is 3.87. The van der Waals surface area contributed by atoms with Crippen molar-refractivity contribution in [2.24, 2.45) is 5.92 Å². The first-order valence-corrected chi connectivity index (χ1v) is 7.58. The third kappa shape index (κ3) is 2.11. The molecule has 0 saturated heterocycles. The molecule has 2 aromatic carbocycles. The first-order chi connectivity index (χ1) is 10.6. The highest BCUT2D eigenvalue weighted by Crippen LogP contribution is 2.54. The fraction of sp³-hybridized carbons (Fsp3) is 0.333. The maximum atomic E-state index is 10.1. The van der Waals surface area contributed by atoms with E-state index in [4.69, 9.17) is 4.74 Å². The van der Waals surface area contributed by atoms with Crippen LogP contribution in [0.2, 0.25) is 0 Å². The zero-order chi connectivity index (χ0) is 15.3. The summed E-state index contributed by atoms with van der Waals surface area (Å²) < 4.78 is 6.17. The summed E-state index contributed by atoms with van der Waals surface area (Å²) in [4.78, 5) is 0. The number of rotatable bonds is 1. The number of hydrogen-bond donors (Lipinski definition) is 3. The lowest BCUT2D eigenvalue weighted by atomic mass is 9.80. The third-order valence-corrected chi connectivity index (χ3v) is 4.84. The number of fused-ring (bicyclic) bond motifs is 3. The van der Waals surface area contributed by atoms with Crippen molar-refractivity contribution < 1.29 is 20.1 Å². The van der Waals surface area contributed by atoms with Crippen molar-refractivity contribution in [2.75, 3.05) is 0 Å². The molecule has 1 aliphatic heterocycles. The molecule has 0 spiro atoms. The zero-order valence-corrected chi connectivity index (χ0v) is 12.0. The molecule has 1 aliphatic carbocycles. The molecule has 1 saturated carbocycles. The van der Waals surface area contributed by atoms with Crippen LogP contribution in [0.3, 0.4) is 0 Å².